The predicted octanol–water partition coefficient (Wildman–Crippen LogP) is -0.0269. The number of carbonyl (C=O) groups is 2. The molecule has 0 atom stereocenters. The number of ketones is 2. The van der Waals surface area contributed by atoms with Crippen LogP contribution in [0.2, 0.25) is 0 Å². The third-order valence-corrected chi connectivity index (χ3v) is 0.770. The van der Waals surface area contributed by atoms with Crippen LogP contribution < -0.4 is 0 Å². The molecule has 0 heterocycles. The largest absolute Gasteiger partial charge is 0.378 e. The molecule has 3 nitrogen and oxygen atoms in total. The van der Waals surface area contributed by atoms with Gasteiger partial charge in [-0.3, -0.25) is 9.59 Å². The number of rotatable bonds is 2. The van der Waals surface area contributed by atoms with Crippen molar-refractivity contribution in [2.75, 3.05) is 0 Å². The fraction of sp³-hybridized carbons (Fsp3) is 0.500. The Balaban J connectivity index is -0.000000245. The van der Waals surface area contributed by atoms with E-state index < -0.39 is 17.7 Å². The first-order valence-electron chi connectivity index (χ1n) is 2.24. The molecule has 0 aromatic carbocycles. The van der Waals surface area contributed by atoms with E-state index in [9.17, 15) is 9.59 Å². The Bertz CT molecular complexity index is 108. The average molecular weight is 190 g/mol. The Hall–Kier alpha value is -0.206. The summed E-state index contributed by atoms with van der Waals surface area (Å²) in [7, 11) is 0. The number of carbonyl (C=O) groups excluding carboxylic acids is 2. The summed E-state index contributed by atoms with van der Waals surface area (Å²) >= 11 is 0. The van der Waals surface area contributed by atoms with E-state index >= 15 is 0 Å². The molecule has 64 valence electrons. The molecule has 0 aromatic heterocycles. The van der Waals surface area contributed by atoms with E-state index in [0.29, 0.717) is 0 Å². The number of Topliss-reactive ketones (excluding diaryl/α,β-unsaturated/α-hetero) is 2. The van der Waals surface area contributed by atoms with Crippen LogP contribution in [-0.4, -0.2) is 22.8 Å². The molecule has 4 heteroatoms. The summed E-state index contributed by atoms with van der Waals surface area (Å²) in [5.41, 5.74) is 0. The first-order chi connectivity index (χ1) is 3.55. The zero-order valence-corrected chi connectivity index (χ0v) is 7.14. The summed E-state index contributed by atoms with van der Waals surface area (Å²) in [5, 5.41) is 8.50. The molecule has 10 heavy (non-hydrogen) atoms. The minimum atomic E-state index is -1.41. The van der Waals surface area contributed by atoms with Crippen LogP contribution in [-0.2, 0) is 26.1 Å². The van der Waals surface area contributed by atoms with Crippen LogP contribution in [0, 0.1) is 7.43 Å². The topological polar surface area (TPSA) is 54.4 Å². The maximum atomic E-state index is 10.1. The summed E-state index contributed by atoms with van der Waals surface area (Å²) in [4.78, 5) is 20.2. The van der Waals surface area contributed by atoms with E-state index in [1.165, 1.54) is 13.8 Å². The van der Waals surface area contributed by atoms with E-state index in [1.54, 1.807) is 0 Å². The summed E-state index contributed by atoms with van der Waals surface area (Å²) in [6.45, 7) is 2.35. The van der Waals surface area contributed by atoms with Gasteiger partial charge in [-0.2, -0.15) is 0 Å². The van der Waals surface area contributed by atoms with Crippen LogP contribution in [0.15, 0.2) is 0 Å². The van der Waals surface area contributed by atoms with Crippen LogP contribution in [0.5, 0.6) is 0 Å². The third kappa shape index (κ3) is 5.92. The maximum absolute atomic E-state index is 10.1. The molecule has 0 bridgehead atoms. The standard InChI is InChI=1S/C5H8O3.CH3.Ni/c1-3(6)5(8)4(2)7;;/h5,8H,1-2H3;1H3;/q;-1;. The van der Waals surface area contributed by atoms with Crippen molar-refractivity contribution in [3.63, 3.8) is 0 Å². The molecule has 1 N–H and O–H groups in total. The van der Waals surface area contributed by atoms with E-state index in [0.717, 1.165) is 0 Å². The normalized spacial score (nSPS) is 7.60. The second kappa shape index (κ2) is 6.91. The van der Waals surface area contributed by atoms with Gasteiger partial charge in [-0.05, 0) is 13.8 Å². The molecule has 0 radical (unpaired) electrons. The first-order valence-corrected chi connectivity index (χ1v) is 2.24. The van der Waals surface area contributed by atoms with Gasteiger partial charge in [0.1, 0.15) is 0 Å². The van der Waals surface area contributed by atoms with Crippen LogP contribution in [0.4, 0.5) is 0 Å². The van der Waals surface area contributed by atoms with Gasteiger partial charge in [0.15, 0.2) is 17.7 Å². The smallest absolute Gasteiger partial charge is 0.170 e. The molecule has 0 aliphatic heterocycles. The summed E-state index contributed by atoms with van der Waals surface area (Å²) in [6, 6.07) is 0. The molecular weight excluding hydrogens is 179 g/mol. The third-order valence-electron chi connectivity index (χ3n) is 0.770. The minimum Gasteiger partial charge on any atom is -0.378 e. The first kappa shape index (κ1) is 16.4. The molecular formula is C6H11NiO3-. The Morgan fingerprint density at radius 2 is 1.40 bits per heavy atom. The van der Waals surface area contributed by atoms with Crippen molar-refractivity contribution in [2.24, 2.45) is 0 Å². The number of hydrogen-bond acceptors (Lipinski definition) is 3. The molecule has 0 unspecified atom stereocenters. The van der Waals surface area contributed by atoms with Gasteiger partial charge in [-0.15, -0.1) is 0 Å². The van der Waals surface area contributed by atoms with E-state index in [1.807, 2.05) is 0 Å². The van der Waals surface area contributed by atoms with Gasteiger partial charge >= 0.3 is 0 Å². The molecule has 0 rings (SSSR count). The maximum Gasteiger partial charge on any atom is 0.170 e. The Kier molecular flexibility index (Phi) is 11.3. The van der Waals surface area contributed by atoms with E-state index in [2.05, 4.69) is 0 Å². The summed E-state index contributed by atoms with van der Waals surface area (Å²) in [5.74, 6) is -1.00. The Labute approximate surface area is 70.7 Å². The van der Waals surface area contributed by atoms with Crippen molar-refractivity contribution in [2.45, 2.75) is 20.0 Å². The predicted molar refractivity (Wildman–Crippen MR) is 33.8 cm³/mol. The molecule has 0 aromatic rings. The fourth-order valence-electron chi connectivity index (χ4n) is 0.286. The van der Waals surface area contributed by atoms with Crippen molar-refractivity contribution < 1.29 is 31.2 Å². The molecule has 0 fully saturated rings. The van der Waals surface area contributed by atoms with Crippen molar-refractivity contribution in [3.8, 4) is 0 Å². The van der Waals surface area contributed by atoms with Gasteiger partial charge in [0.05, 0.1) is 0 Å². The van der Waals surface area contributed by atoms with Crippen LogP contribution in [0.3, 0.4) is 0 Å². The summed E-state index contributed by atoms with van der Waals surface area (Å²) in [6.07, 6.45) is -1.41. The van der Waals surface area contributed by atoms with Gasteiger partial charge < -0.3 is 12.5 Å². The number of hydrogen-bond donors (Lipinski definition) is 1. The van der Waals surface area contributed by atoms with Gasteiger partial charge in [0, 0.05) is 16.5 Å². The zero-order chi connectivity index (χ0) is 6.73. The molecule has 0 spiro atoms. The van der Waals surface area contributed by atoms with Crippen molar-refractivity contribution in [1.82, 2.24) is 0 Å². The summed E-state index contributed by atoms with van der Waals surface area (Å²) < 4.78 is 0. The van der Waals surface area contributed by atoms with Gasteiger partial charge in [0.2, 0.25) is 0 Å². The van der Waals surface area contributed by atoms with Crippen molar-refractivity contribution in [1.29, 1.82) is 0 Å². The SMILES string of the molecule is CC(=O)C(O)C(C)=O.[CH3-].[Ni]. The van der Waals surface area contributed by atoms with Gasteiger partial charge in [0.25, 0.3) is 0 Å². The molecule has 0 aliphatic carbocycles. The monoisotopic (exact) mass is 189 g/mol. The molecule has 0 saturated heterocycles. The van der Waals surface area contributed by atoms with Gasteiger partial charge in [-0.25, -0.2) is 0 Å². The number of aliphatic hydroxyl groups is 1. The zero-order valence-electron chi connectivity index (χ0n) is 6.16. The molecule has 0 saturated carbocycles. The average Bonchev–Trinajstić information content (AvgIpc) is 1.64. The van der Waals surface area contributed by atoms with Crippen LogP contribution in [0.1, 0.15) is 13.8 Å². The second-order valence-corrected chi connectivity index (χ2v) is 1.62. The number of aliphatic hydroxyl groups excluding tert-OH is 1. The van der Waals surface area contributed by atoms with Gasteiger partial charge in [-0.1, -0.05) is 0 Å². The minimum absolute atomic E-state index is 0. The second-order valence-electron chi connectivity index (χ2n) is 1.62. The van der Waals surface area contributed by atoms with Crippen LogP contribution >= 0.6 is 0 Å². The van der Waals surface area contributed by atoms with E-state index in [-0.39, 0.29) is 23.9 Å². The van der Waals surface area contributed by atoms with E-state index in [4.69, 9.17) is 5.11 Å². The Morgan fingerprint density at radius 1 is 1.20 bits per heavy atom. The quantitative estimate of drug-likeness (QED) is 0.377. The molecule has 0 aliphatic rings. The van der Waals surface area contributed by atoms with Crippen molar-refractivity contribution >= 4 is 11.6 Å². The van der Waals surface area contributed by atoms with Crippen molar-refractivity contribution in [3.05, 3.63) is 7.43 Å². The molecule has 0 amide bonds. The van der Waals surface area contributed by atoms with Crippen LogP contribution in [0.25, 0.3) is 0 Å². The fourth-order valence-corrected chi connectivity index (χ4v) is 0.286. The Morgan fingerprint density at radius 3 is 1.40 bits per heavy atom.